The van der Waals surface area contributed by atoms with Gasteiger partial charge in [-0.2, -0.15) is 0 Å². The van der Waals surface area contributed by atoms with Crippen LogP contribution in [0.2, 0.25) is 0 Å². The first-order valence-electron chi connectivity index (χ1n) is 6.67. The van der Waals surface area contributed by atoms with Crippen LogP contribution in [0, 0.1) is 17.0 Å². The van der Waals surface area contributed by atoms with Crippen molar-refractivity contribution in [3.8, 4) is 5.75 Å². The Kier molecular flexibility index (Phi) is 5.91. The number of hydrogen-bond acceptors (Lipinski definition) is 5. The van der Waals surface area contributed by atoms with Crippen LogP contribution in [0.15, 0.2) is 18.2 Å². The fourth-order valence-corrected chi connectivity index (χ4v) is 1.78. The van der Waals surface area contributed by atoms with Gasteiger partial charge in [0, 0.05) is 12.6 Å². The van der Waals surface area contributed by atoms with Gasteiger partial charge in [0.05, 0.1) is 4.92 Å². The third kappa shape index (κ3) is 4.79. The van der Waals surface area contributed by atoms with E-state index in [0.29, 0.717) is 12.1 Å². The molecule has 0 bridgehead atoms. The minimum Gasteiger partial charge on any atom is -0.484 e. The van der Waals surface area contributed by atoms with Crippen LogP contribution >= 0.6 is 0 Å². The molecule has 0 radical (unpaired) electrons. The molecule has 0 heterocycles. The molecule has 1 atom stereocenters. The van der Waals surface area contributed by atoms with Crippen LogP contribution in [0.4, 0.5) is 5.69 Å². The highest BCUT2D eigenvalue weighted by molar-refractivity contribution is 5.51. The monoisotopic (exact) mass is 282 g/mol. The summed E-state index contributed by atoms with van der Waals surface area (Å²) in [4.78, 5) is 10.5. The van der Waals surface area contributed by atoms with E-state index in [1.54, 1.807) is 26.0 Å². The second-order valence-corrected chi connectivity index (χ2v) is 5.14. The Balaban J connectivity index is 2.72. The molecule has 20 heavy (non-hydrogen) atoms. The van der Waals surface area contributed by atoms with Gasteiger partial charge in [0.2, 0.25) is 0 Å². The molecule has 6 nitrogen and oxygen atoms in total. The largest absolute Gasteiger partial charge is 0.484 e. The fraction of sp³-hybridized carbons (Fsp3) is 0.571. The average molecular weight is 282 g/mol. The number of nitro groups is 1. The normalized spacial score (nSPS) is 13.8. The molecule has 0 aromatic heterocycles. The van der Waals surface area contributed by atoms with Gasteiger partial charge in [0.15, 0.2) is 5.75 Å². The molecular formula is C14H22N2O4. The highest BCUT2D eigenvalue weighted by Gasteiger charge is 2.24. The maximum Gasteiger partial charge on any atom is 0.311 e. The standard InChI is InChI=1S/C14H22N2O4/c1-4-8-15-9-14(3,17)10-20-13-11(2)6-5-7-12(13)16(18)19/h5-7,15,17H,4,8-10H2,1-3H3. The first-order valence-corrected chi connectivity index (χ1v) is 6.67. The van der Waals surface area contributed by atoms with Gasteiger partial charge in [0.25, 0.3) is 0 Å². The molecule has 2 N–H and O–H groups in total. The third-order valence-electron chi connectivity index (χ3n) is 2.85. The highest BCUT2D eigenvalue weighted by atomic mass is 16.6. The number of aryl methyl sites for hydroxylation is 1. The third-order valence-corrected chi connectivity index (χ3v) is 2.85. The molecule has 0 fully saturated rings. The van der Waals surface area contributed by atoms with E-state index in [9.17, 15) is 15.2 Å². The van der Waals surface area contributed by atoms with Crippen molar-refractivity contribution < 1.29 is 14.8 Å². The van der Waals surface area contributed by atoms with Crippen LogP contribution in [0.3, 0.4) is 0 Å². The Morgan fingerprint density at radius 1 is 1.50 bits per heavy atom. The molecule has 0 aliphatic rings. The van der Waals surface area contributed by atoms with E-state index >= 15 is 0 Å². The number of ether oxygens (including phenoxy) is 1. The SMILES string of the molecule is CCCNCC(C)(O)COc1c(C)cccc1[N+](=O)[O-]. The Morgan fingerprint density at radius 3 is 2.80 bits per heavy atom. The van der Waals surface area contributed by atoms with Gasteiger partial charge in [-0.1, -0.05) is 19.1 Å². The van der Waals surface area contributed by atoms with Gasteiger partial charge in [0.1, 0.15) is 12.2 Å². The van der Waals surface area contributed by atoms with E-state index in [4.69, 9.17) is 4.74 Å². The van der Waals surface area contributed by atoms with E-state index < -0.39 is 10.5 Å². The van der Waals surface area contributed by atoms with Crippen LogP contribution in [0.25, 0.3) is 0 Å². The summed E-state index contributed by atoms with van der Waals surface area (Å²) in [6.45, 7) is 6.59. The maximum atomic E-state index is 11.0. The highest BCUT2D eigenvalue weighted by Crippen LogP contribution is 2.30. The van der Waals surface area contributed by atoms with Crippen LogP contribution < -0.4 is 10.1 Å². The molecule has 0 saturated carbocycles. The number of benzene rings is 1. The molecule has 1 rings (SSSR count). The molecule has 112 valence electrons. The van der Waals surface area contributed by atoms with Crippen LogP contribution in [0.5, 0.6) is 5.75 Å². The van der Waals surface area contributed by atoms with Crippen molar-refractivity contribution >= 4 is 5.69 Å². The van der Waals surface area contributed by atoms with Crippen molar-refractivity contribution in [3.63, 3.8) is 0 Å². The smallest absolute Gasteiger partial charge is 0.311 e. The summed E-state index contributed by atoms with van der Waals surface area (Å²) in [7, 11) is 0. The lowest BCUT2D eigenvalue weighted by molar-refractivity contribution is -0.386. The van der Waals surface area contributed by atoms with Gasteiger partial charge in [-0.15, -0.1) is 0 Å². The molecular weight excluding hydrogens is 260 g/mol. The molecule has 1 unspecified atom stereocenters. The lowest BCUT2D eigenvalue weighted by atomic mass is 10.1. The lowest BCUT2D eigenvalue weighted by Crippen LogP contribution is -2.43. The summed E-state index contributed by atoms with van der Waals surface area (Å²) >= 11 is 0. The average Bonchev–Trinajstić information content (AvgIpc) is 2.37. The zero-order valence-corrected chi connectivity index (χ0v) is 12.2. The second-order valence-electron chi connectivity index (χ2n) is 5.14. The van der Waals surface area contributed by atoms with Crippen molar-refractivity contribution in [1.29, 1.82) is 0 Å². The maximum absolute atomic E-state index is 11.0. The predicted molar refractivity (Wildman–Crippen MR) is 77.1 cm³/mol. The molecule has 1 aromatic carbocycles. The Labute approximate surface area is 118 Å². The van der Waals surface area contributed by atoms with Gasteiger partial charge in [-0.05, 0) is 32.4 Å². The number of hydrogen-bond donors (Lipinski definition) is 2. The quantitative estimate of drug-likeness (QED) is 0.433. The topological polar surface area (TPSA) is 84.6 Å². The number of nitrogens with zero attached hydrogens (tertiary/aromatic N) is 1. The summed E-state index contributed by atoms with van der Waals surface area (Å²) < 4.78 is 5.49. The first-order chi connectivity index (χ1) is 9.37. The lowest BCUT2D eigenvalue weighted by Gasteiger charge is -2.24. The van der Waals surface area contributed by atoms with Crippen LogP contribution in [0.1, 0.15) is 25.8 Å². The van der Waals surface area contributed by atoms with Gasteiger partial charge >= 0.3 is 5.69 Å². The number of para-hydroxylation sites is 1. The molecule has 0 spiro atoms. The summed E-state index contributed by atoms with van der Waals surface area (Å²) in [5, 5.41) is 24.2. The predicted octanol–water partition coefficient (Wildman–Crippen LogP) is 2.03. The van der Waals surface area contributed by atoms with E-state index in [2.05, 4.69) is 5.32 Å². The zero-order chi connectivity index (χ0) is 15.2. The Bertz CT molecular complexity index is 460. The summed E-state index contributed by atoms with van der Waals surface area (Å²) in [6.07, 6.45) is 0.972. The van der Waals surface area contributed by atoms with Gasteiger partial charge < -0.3 is 15.2 Å². The summed E-state index contributed by atoms with van der Waals surface area (Å²) in [6, 6.07) is 4.75. The van der Waals surface area contributed by atoms with Crippen molar-refractivity contribution in [2.45, 2.75) is 32.8 Å². The number of nitrogens with one attached hydrogen (secondary N) is 1. The van der Waals surface area contributed by atoms with E-state index in [1.165, 1.54) is 6.07 Å². The molecule has 0 amide bonds. The van der Waals surface area contributed by atoms with E-state index in [0.717, 1.165) is 13.0 Å². The zero-order valence-electron chi connectivity index (χ0n) is 12.2. The number of nitro benzene ring substituents is 1. The van der Waals surface area contributed by atoms with Gasteiger partial charge in [-0.3, -0.25) is 10.1 Å². The number of aliphatic hydroxyl groups is 1. The summed E-state index contributed by atoms with van der Waals surface area (Å²) in [5.74, 6) is 0.216. The summed E-state index contributed by atoms with van der Waals surface area (Å²) in [5.41, 5.74) is -0.482. The van der Waals surface area contributed by atoms with E-state index in [-0.39, 0.29) is 18.0 Å². The van der Waals surface area contributed by atoms with Crippen molar-refractivity contribution in [3.05, 3.63) is 33.9 Å². The van der Waals surface area contributed by atoms with Crippen molar-refractivity contribution in [2.75, 3.05) is 19.7 Å². The fourth-order valence-electron chi connectivity index (χ4n) is 1.78. The molecule has 0 saturated heterocycles. The molecule has 6 heteroatoms. The molecule has 0 aliphatic heterocycles. The van der Waals surface area contributed by atoms with Gasteiger partial charge in [-0.25, -0.2) is 0 Å². The first kappa shape index (κ1) is 16.4. The Hall–Kier alpha value is -1.66. The van der Waals surface area contributed by atoms with Crippen molar-refractivity contribution in [1.82, 2.24) is 5.32 Å². The van der Waals surface area contributed by atoms with Crippen LogP contribution in [-0.4, -0.2) is 35.3 Å². The Morgan fingerprint density at radius 2 is 2.20 bits per heavy atom. The van der Waals surface area contributed by atoms with Crippen LogP contribution in [-0.2, 0) is 0 Å². The molecule has 1 aromatic rings. The minimum absolute atomic E-state index is 0.00456. The second kappa shape index (κ2) is 7.21. The minimum atomic E-state index is -1.08. The molecule has 0 aliphatic carbocycles. The number of rotatable bonds is 8. The van der Waals surface area contributed by atoms with E-state index in [1.807, 2.05) is 6.92 Å². The van der Waals surface area contributed by atoms with Crippen molar-refractivity contribution in [2.24, 2.45) is 0 Å².